The van der Waals surface area contributed by atoms with Gasteiger partial charge in [-0.15, -0.1) is 0 Å². The molecular formula is C9H18N2O2. The molecule has 0 aromatic heterocycles. The molecule has 1 unspecified atom stereocenters. The van der Waals surface area contributed by atoms with E-state index in [-0.39, 0.29) is 0 Å². The zero-order valence-corrected chi connectivity index (χ0v) is 8.29. The molecule has 1 rings (SSSR count). The molecule has 0 amide bonds. The van der Waals surface area contributed by atoms with Crippen molar-refractivity contribution < 1.29 is 9.90 Å². The monoisotopic (exact) mass is 186 g/mol. The molecular weight excluding hydrogens is 168 g/mol. The Labute approximate surface area is 78.7 Å². The molecule has 3 N–H and O–H groups in total. The number of nitrogens with zero attached hydrogens (tertiary/aromatic N) is 1. The highest BCUT2D eigenvalue weighted by Gasteiger charge is 2.38. The second-order valence-corrected chi connectivity index (χ2v) is 4.13. The second kappa shape index (κ2) is 3.64. The summed E-state index contributed by atoms with van der Waals surface area (Å²) in [5.74, 6) is -0.877. The highest BCUT2D eigenvalue weighted by molar-refractivity contribution is 5.78. The molecule has 4 nitrogen and oxygen atoms in total. The quantitative estimate of drug-likeness (QED) is 0.649. The molecule has 0 aliphatic carbocycles. The van der Waals surface area contributed by atoms with Crippen molar-refractivity contribution in [2.75, 3.05) is 13.1 Å². The van der Waals surface area contributed by atoms with E-state index in [0.29, 0.717) is 19.0 Å². The van der Waals surface area contributed by atoms with Crippen molar-refractivity contribution in [3.05, 3.63) is 0 Å². The molecule has 1 atom stereocenters. The van der Waals surface area contributed by atoms with E-state index in [1.165, 1.54) is 0 Å². The first kappa shape index (κ1) is 10.5. The van der Waals surface area contributed by atoms with Gasteiger partial charge in [0.05, 0.1) is 0 Å². The number of hydrogen-bond donors (Lipinski definition) is 2. The van der Waals surface area contributed by atoms with Crippen LogP contribution >= 0.6 is 0 Å². The van der Waals surface area contributed by atoms with Gasteiger partial charge in [0.25, 0.3) is 0 Å². The Morgan fingerprint density at radius 3 is 2.69 bits per heavy atom. The van der Waals surface area contributed by atoms with Gasteiger partial charge >= 0.3 is 5.97 Å². The fourth-order valence-electron chi connectivity index (χ4n) is 1.73. The summed E-state index contributed by atoms with van der Waals surface area (Å²) < 4.78 is 0. The van der Waals surface area contributed by atoms with Crippen LogP contribution in [0.2, 0.25) is 0 Å². The predicted octanol–water partition coefficient (Wildman–Crippen LogP) is 0.273. The second-order valence-electron chi connectivity index (χ2n) is 4.13. The molecule has 1 aliphatic heterocycles. The zero-order chi connectivity index (χ0) is 10.1. The Morgan fingerprint density at radius 1 is 1.62 bits per heavy atom. The molecule has 13 heavy (non-hydrogen) atoms. The summed E-state index contributed by atoms with van der Waals surface area (Å²) in [5.41, 5.74) is 4.76. The molecule has 0 spiro atoms. The topological polar surface area (TPSA) is 66.6 Å². The summed E-state index contributed by atoms with van der Waals surface area (Å²) in [6, 6.07) is 0.377. The van der Waals surface area contributed by atoms with Crippen LogP contribution in [-0.4, -0.2) is 40.6 Å². The molecule has 76 valence electrons. The minimum Gasteiger partial charge on any atom is -0.480 e. The molecule has 1 fully saturated rings. The Bertz CT molecular complexity index is 206. The van der Waals surface area contributed by atoms with Gasteiger partial charge in [0.15, 0.2) is 0 Å². The Kier molecular flexibility index (Phi) is 2.93. The summed E-state index contributed by atoms with van der Waals surface area (Å²) in [4.78, 5) is 13.0. The maximum atomic E-state index is 10.9. The van der Waals surface area contributed by atoms with Crippen LogP contribution in [0.15, 0.2) is 0 Å². The number of aliphatic carboxylic acids is 1. The fourth-order valence-corrected chi connectivity index (χ4v) is 1.73. The van der Waals surface area contributed by atoms with Crippen molar-refractivity contribution in [1.82, 2.24) is 4.90 Å². The average molecular weight is 186 g/mol. The third-order valence-corrected chi connectivity index (χ3v) is 2.71. The minimum atomic E-state index is -1.03. The smallest absolute Gasteiger partial charge is 0.325 e. The molecule has 1 aliphatic rings. The van der Waals surface area contributed by atoms with Gasteiger partial charge in [-0.1, -0.05) is 0 Å². The lowest BCUT2D eigenvalue weighted by Gasteiger charge is -2.39. The summed E-state index contributed by atoms with van der Waals surface area (Å²) in [6.07, 6.45) is 1.46. The van der Waals surface area contributed by atoms with Crippen molar-refractivity contribution in [1.29, 1.82) is 0 Å². The zero-order valence-electron chi connectivity index (χ0n) is 8.29. The fraction of sp³-hybridized carbons (Fsp3) is 0.889. The van der Waals surface area contributed by atoms with Crippen LogP contribution in [0.1, 0.15) is 26.7 Å². The summed E-state index contributed by atoms with van der Waals surface area (Å²) in [6.45, 7) is 5.56. The molecule has 0 bridgehead atoms. The van der Waals surface area contributed by atoms with Crippen molar-refractivity contribution in [2.24, 2.45) is 5.73 Å². The van der Waals surface area contributed by atoms with Gasteiger partial charge in [-0.3, -0.25) is 9.69 Å². The summed E-state index contributed by atoms with van der Waals surface area (Å²) in [5, 5.41) is 8.95. The molecule has 0 aromatic carbocycles. The molecule has 4 heteroatoms. The number of piperidine rings is 1. The lowest BCUT2D eigenvalue weighted by Crippen LogP contribution is -2.60. The number of hydrogen-bond acceptors (Lipinski definition) is 3. The van der Waals surface area contributed by atoms with Crippen molar-refractivity contribution in [3.63, 3.8) is 0 Å². The van der Waals surface area contributed by atoms with Crippen LogP contribution in [0.25, 0.3) is 0 Å². The van der Waals surface area contributed by atoms with Crippen molar-refractivity contribution >= 4 is 5.97 Å². The van der Waals surface area contributed by atoms with Crippen LogP contribution in [0, 0.1) is 0 Å². The van der Waals surface area contributed by atoms with E-state index in [1.54, 1.807) is 0 Å². The molecule has 1 saturated heterocycles. The van der Waals surface area contributed by atoms with E-state index in [2.05, 4.69) is 18.7 Å². The minimum absolute atomic E-state index is 0.377. The van der Waals surface area contributed by atoms with Gasteiger partial charge in [0, 0.05) is 12.6 Å². The molecule has 0 radical (unpaired) electrons. The van der Waals surface area contributed by atoms with Crippen LogP contribution < -0.4 is 5.73 Å². The lowest BCUT2D eigenvalue weighted by molar-refractivity contribution is -0.145. The summed E-state index contributed by atoms with van der Waals surface area (Å²) in [7, 11) is 0. The van der Waals surface area contributed by atoms with E-state index < -0.39 is 11.5 Å². The SMILES string of the molecule is CC(C)N1CCCC(N)(C(=O)O)C1. The van der Waals surface area contributed by atoms with Crippen molar-refractivity contribution in [2.45, 2.75) is 38.3 Å². The Hall–Kier alpha value is -0.610. The number of carboxylic acid groups (broad SMARTS) is 1. The van der Waals surface area contributed by atoms with E-state index in [1.807, 2.05) is 0 Å². The molecule has 1 heterocycles. The maximum absolute atomic E-state index is 10.9. The van der Waals surface area contributed by atoms with E-state index in [9.17, 15) is 4.79 Å². The van der Waals surface area contributed by atoms with E-state index in [0.717, 1.165) is 13.0 Å². The first-order valence-corrected chi connectivity index (χ1v) is 4.72. The normalized spacial score (nSPS) is 30.8. The number of rotatable bonds is 2. The van der Waals surface area contributed by atoms with Crippen LogP contribution in [-0.2, 0) is 4.79 Å². The highest BCUT2D eigenvalue weighted by Crippen LogP contribution is 2.20. The van der Waals surface area contributed by atoms with Gasteiger partial charge < -0.3 is 10.8 Å². The Morgan fingerprint density at radius 2 is 2.23 bits per heavy atom. The average Bonchev–Trinajstić information content (AvgIpc) is 2.04. The number of likely N-dealkylation sites (tertiary alicyclic amines) is 1. The lowest BCUT2D eigenvalue weighted by atomic mass is 9.89. The van der Waals surface area contributed by atoms with Gasteiger partial charge in [0.1, 0.15) is 5.54 Å². The predicted molar refractivity (Wildman–Crippen MR) is 50.5 cm³/mol. The molecule has 0 saturated carbocycles. The first-order chi connectivity index (χ1) is 5.96. The maximum Gasteiger partial charge on any atom is 0.325 e. The third-order valence-electron chi connectivity index (χ3n) is 2.71. The van der Waals surface area contributed by atoms with Gasteiger partial charge in [-0.05, 0) is 33.2 Å². The third kappa shape index (κ3) is 2.19. The molecule has 0 aromatic rings. The van der Waals surface area contributed by atoms with Crippen LogP contribution in [0.5, 0.6) is 0 Å². The van der Waals surface area contributed by atoms with Gasteiger partial charge in [-0.25, -0.2) is 0 Å². The van der Waals surface area contributed by atoms with Crippen LogP contribution in [0.3, 0.4) is 0 Å². The number of nitrogens with two attached hydrogens (primary N) is 1. The van der Waals surface area contributed by atoms with Gasteiger partial charge in [-0.2, -0.15) is 0 Å². The summed E-state index contributed by atoms with van der Waals surface area (Å²) >= 11 is 0. The van der Waals surface area contributed by atoms with E-state index >= 15 is 0 Å². The highest BCUT2D eigenvalue weighted by atomic mass is 16.4. The van der Waals surface area contributed by atoms with E-state index in [4.69, 9.17) is 10.8 Å². The standard InChI is InChI=1S/C9H18N2O2/c1-7(2)11-5-3-4-9(10,6-11)8(12)13/h7H,3-6,10H2,1-2H3,(H,12,13). The largest absolute Gasteiger partial charge is 0.480 e. The van der Waals surface area contributed by atoms with Crippen molar-refractivity contribution in [3.8, 4) is 0 Å². The number of carboxylic acids is 1. The Balaban J connectivity index is 2.65. The van der Waals surface area contributed by atoms with Crippen LogP contribution in [0.4, 0.5) is 0 Å². The first-order valence-electron chi connectivity index (χ1n) is 4.72. The van der Waals surface area contributed by atoms with Gasteiger partial charge in [0.2, 0.25) is 0 Å². The number of carbonyl (C=O) groups is 1.